The molecule has 1 aliphatic heterocycles. The maximum absolute atomic E-state index is 13.7. The summed E-state index contributed by atoms with van der Waals surface area (Å²) in [6.45, 7) is 0.522. The molecule has 0 aliphatic carbocycles. The summed E-state index contributed by atoms with van der Waals surface area (Å²) in [6.07, 6.45) is -0.677. The van der Waals surface area contributed by atoms with Crippen molar-refractivity contribution in [1.82, 2.24) is 15.2 Å². The monoisotopic (exact) mass is 443 g/mol. The van der Waals surface area contributed by atoms with Gasteiger partial charge in [-0.3, -0.25) is 9.59 Å². The predicted octanol–water partition coefficient (Wildman–Crippen LogP) is 2.81. The van der Waals surface area contributed by atoms with Crippen LogP contribution in [0, 0.1) is 0 Å². The molecule has 9 heteroatoms. The molecule has 162 valence electrons. The van der Waals surface area contributed by atoms with E-state index in [9.17, 15) is 19.1 Å². The Morgan fingerprint density at radius 1 is 1.26 bits per heavy atom. The smallest absolute Gasteiger partial charge is 0.275 e. The number of nitrogens with one attached hydrogen (secondary N) is 1. The van der Waals surface area contributed by atoms with Crippen molar-refractivity contribution in [2.24, 2.45) is 0 Å². The lowest BCUT2D eigenvalue weighted by Gasteiger charge is -2.31. The molecule has 0 radical (unpaired) electrons. The zero-order chi connectivity index (χ0) is 21.8. The molecular formula is C22H22FN3O4S. The van der Waals surface area contributed by atoms with Gasteiger partial charge in [0.05, 0.1) is 19.1 Å². The summed E-state index contributed by atoms with van der Waals surface area (Å²) in [6, 6.07) is 9.24. The quantitative estimate of drug-likeness (QED) is 0.611. The molecule has 1 aromatic carbocycles. The Hall–Kier alpha value is -3.04. The summed E-state index contributed by atoms with van der Waals surface area (Å²) < 4.78 is 19.1. The van der Waals surface area contributed by atoms with Gasteiger partial charge in [-0.05, 0) is 46.5 Å². The number of hydrogen-bond acceptors (Lipinski definition) is 6. The topological polar surface area (TPSA) is 95.7 Å². The van der Waals surface area contributed by atoms with Crippen LogP contribution in [-0.4, -0.2) is 52.2 Å². The zero-order valence-electron chi connectivity index (χ0n) is 16.7. The predicted molar refractivity (Wildman–Crippen MR) is 113 cm³/mol. The number of benzene rings is 1. The molecule has 0 saturated carbocycles. The molecule has 2 atom stereocenters. The van der Waals surface area contributed by atoms with Gasteiger partial charge in [0, 0.05) is 18.7 Å². The molecule has 2 unspecified atom stereocenters. The Kier molecular flexibility index (Phi) is 6.43. The maximum atomic E-state index is 13.7. The number of aliphatic hydroxyl groups excluding tert-OH is 1. The first kappa shape index (κ1) is 21.2. The van der Waals surface area contributed by atoms with Gasteiger partial charge in [0.2, 0.25) is 11.8 Å². The number of rotatable bonds is 6. The van der Waals surface area contributed by atoms with Crippen LogP contribution in [0.4, 0.5) is 4.39 Å². The van der Waals surface area contributed by atoms with Gasteiger partial charge in [0.15, 0.2) is 5.69 Å². The molecule has 7 nitrogen and oxygen atoms in total. The summed E-state index contributed by atoms with van der Waals surface area (Å²) in [7, 11) is 0. The van der Waals surface area contributed by atoms with Crippen LogP contribution in [0.15, 0.2) is 51.8 Å². The zero-order valence-corrected chi connectivity index (χ0v) is 17.5. The standard InChI is InChI=1S/C22H22FN3O4S/c23-17-11-26(7-5-19(17)27)22(29)18-12-30-21(25-18)16-3-1-14(2-4-16)10-24-20(28)9-15-6-8-31-13-15/h1-4,6,8,12-13,17,19,27H,5,7,9-11H2,(H,24,28). The van der Waals surface area contributed by atoms with E-state index in [0.29, 0.717) is 18.5 Å². The Morgan fingerprint density at radius 3 is 2.77 bits per heavy atom. The van der Waals surface area contributed by atoms with E-state index in [1.54, 1.807) is 23.5 Å². The SMILES string of the molecule is O=C(Cc1ccsc1)NCc1ccc(-c2nc(C(=O)N3CCC(O)C(F)C3)co2)cc1. The van der Waals surface area contributed by atoms with Crippen LogP contribution in [0.25, 0.3) is 11.5 Å². The second-order valence-electron chi connectivity index (χ2n) is 7.44. The number of likely N-dealkylation sites (tertiary alicyclic amines) is 1. The lowest BCUT2D eigenvalue weighted by atomic mass is 10.1. The van der Waals surface area contributed by atoms with Gasteiger partial charge < -0.3 is 19.7 Å². The van der Waals surface area contributed by atoms with Crippen molar-refractivity contribution in [1.29, 1.82) is 0 Å². The highest BCUT2D eigenvalue weighted by molar-refractivity contribution is 7.08. The number of alkyl halides is 1. The highest BCUT2D eigenvalue weighted by atomic mass is 32.1. The van der Waals surface area contributed by atoms with Crippen molar-refractivity contribution < 1.29 is 23.5 Å². The second-order valence-corrected chi connectivity index (χ2v) is 8.22. The van der Waals surface area contributed by atoms with E-state index < -0.39 is 18.2 Å². The fourth-order valence-corrected chi connectivity index (χ4v) is 4.02. The lowest BCUT2D eigenvalue weighted by Crippen LogP contribution is -2.47. The highest BCUT2D eigenvalue weighted by Crippen LogP contribution is 2.22. The van der Waals surface area contributed by atoms with E-state index in [4.69, 9.17) is 4.42 Å². The summed E-state index contributed by atoms with van der Waals surface area (Å²) in [5, 5.41) is 16.3. The lowest BCUT2D eigenvalue weighted by molar-refractivity contribution is -0.120. The van der Waals surface area contributed by atoms with Gasteiger partial charge in [0.25, 0.3) is 5.91 Å². The van der Waals surface area contributed by atoms with Gasteiger partial charge in [-0.25, -0.2) is 9.37 Å². The summed E-state index contributed by atoms with van der Waals surface area (Å²) in [5.74, 6) is -0.182. The number of halogens is 1. The normalized spacial score (nSPS) is 18.7. The Balaban J connectivity index is 1.33. The van der Waals surface area contributed by atoms with Gasteiger partial charge in [-0.1, -0.05) is 12.1 Å². The third-order valence-electron chi connectivity index (χ3n) is 5.15. The highest BCUT2D eigenvalue weighted by Gasteiger charge is 2.31. The second kappa shape index (κ2) is 9.40. The van der Waals surface area contributed by atoms with Crippen molar-refractivity contribution in [2.75, 3.05) is 13.1 Å². The summed E-state index contributed by atoms with van der Waals surface area (Å²) >= 11 is 1.56. The number of nitrogens with zero attached hydrogens (tertiary/aromatic N) is 2. The van der Waals surface area contributed by atoms with Crippen LogP contribution in [0.1, 0.15) is 28.0 Å². The van der Waals surface area contributed by atoms with Gasteiger partial charge in [0.1, 0.15) is 12.4 Å². The molecule has 0 bridgehead atoms. The number of piperidine rings is 1. The molecule has 31 heavy (non-hydrogen) atoms. The van der Waals surface area contributed by atoms with Crippen LogP contribution in [-0.2, 0) is 17.8 Å². The van der Waals surface area contributed by atoms with E-state index >= 15 is 0 Å². The average molecular weight is 444 g/mol. The number of aromatic nitrogens is 1. The molecule has 2 N–H and O–H groups in total. The minimum Gasteiger partial charge on any atom is -0.444 e. The number of aliphatic hydroxyl groups is 1. The number of amides is 2. The van der Waals surface area contributed by atoms with Crippen molar-refractivity contribution >= 4 is 23.2 Å². The molecule has 3 heterocycles. The summed E-state index contributed by atoms with van der Waals surface area (Å²) in [4.78, 5) is 30.1. The van der Waals surface area contributed by atoms with Crippen LogP contribution in [0.3, 0.4) is 0 Å². The average Bonchev–Trinajstić information content (AvgIpc) is 3.46. The number of carbonyl (C=O) groups excluding carboxylic acids is 2. The maximum Gasteiger partial charge on any atom is 0.275 e. The van der Waals surface area contributed by atoms with Crippen molar-refractivity contribution in [2.45, 2.75) is 31.7 Å². The Bertz CT molecular complexity index is 1040. The third-order valence-corrected chi connectivity index (χ3v) is 5.89. The Morgan fingerprint density at radius 2 is 2.06 bits per heavy atom. The number of thiophene rings is 1. The van der Waals surface area contributed by atoms with Crippen molar-refractivity contribution in [3.8, 4) is 11.5 Å². The number of hydrogen-bond donors (Lipinski definition) is 2. The largest absolute Gasteiger partial charge is 0.444 e. The molecule has 4 rings (SSSR count). The Labute approximate surface area is 182 Å². The molecule has 1 fully saturated rings. The number of carbonyl (C=O) groups is 2. The minimum atomic E-state index is -1.46. The van der Waals surface area contributed by atoms with E-state index in [0.717, 1.165) is 11.1 Å². The van der Waals surface area contributed by atoms with E-state index in [-0.39, 0.29) is 37.0 Å². The summed E-state index contributed by atoms with van der Waals surface area (Å²) in [5.41, 5.74) is 2.70. The molecule has 3 aromatic rings. The van der Waals surface area contributed by atoms with Crippen LogP contribution >= 0.6 is 11.3 Å². The van der Waals surface area contributed by atoms with Gasteiger partial charge in [-0.2, -0.15) is 11.3 Å². The van der Waals surface area contributed by atoms with E-state index in [1.165, 1.54) is 11.2 Å². The molecule has 0 spiro atoms. The molecule has 1 saturated heterocycles. The van der Waals surface area contributed by atoms with Gasteiger partial charge >= 0.3 is 0 Å². The van der Waals surface area contributed by atoms with Crippen LogP contribution < -0.4 is 5.32 Å². The molecule has 2 aromatic heterocycles. The van der Waals surface area contributed by atoms with Gasteiger partial charge in [-0.15, -0.1) is 0 Å². The van der Waals surface area contributed by atoms with Crippen molar-refractivity contribution in [3.63, 3.8) is 0 Å². The fraction of sp³-hybridized carbons (Fsp3) is 0.318. The van der Waals surface area contributed by atoms with E-state index in [1.807, 2.05) is 29.0 Å². The molecular weight excluding hydrogens is 421 g/mol. The van der Waals surface area contributed by atoms with Crippen LogP contribution in [0.5, 0.6) is 0 Å². The van der Waals surface area contributed by atoms with E-state index in [2.05, 4.69) is 10.3 Å². The molecule has 1 aliphatic rings. The minimum absolute atomic E-state index is 0.0425. The van der Waals surface area contributed by atoms with Crippen LogP contribution in [0.2, 0.25) is 0 Å². The number of oxazole rings is 1. The fourth-order valence-electron chi connectivity index (χ4n) is 3.35. The molecule has 2 amide bonds. The third kappa shape index (κ3) is 5.18. The first-order chi connectivity index (χ1) is 15.0. The first-order valence-electron chi connectivity index (χ1n) is 9.93. The van der Waals surface area contributed by atoms with Crippen molar-refractivity contribution in [3.05, 3.63) is 64.2 Å². The first-order valence-corrected chi connectivity index (χ1v) is 10.9.